The number of ketones is 1. The third kappa shape index (κ3) is 5.77. The number of aromatic nitrogens is 2. The van der Waals surface area contributed by atoms with Crippen LogP contribution in [0.5, 0.6) is 0 Å². The molecule has 0 atom stereocenters. The maximum atomic E-state index is 12.7. The van der Waals surface area contributed by atoms with Gasteiger partial charge in [0, 0.05) is 80.8 Å². The van der Waals surface area contributed by atoms with E-state index in [9.17, 15) is 9.59 Å². The van der Waals surface area contributed by atoms with Gasteiger partial charge in [0.25, 0.3) is 0 Å². The standard InChI is InChI=1S/C30H39N5O2/c1-30(2,3)29-31-24(22-9-8-10-22)21-27(32-29)34-19-17-33(18-20-34)15-6-7-16-35-25-12-5-4-11-23(25)26(36)13-14-28(35)37/h4-7,11-12,21-22H,8-10,13-20H2,1-3H3/b7-6+. The monoisotopic (exact) mass is 501 g/mol. The van der Waals surface area contributed by atoms with Crippen molar-refractivity contribution in [2.45, 2.75) is 64.2 Å². The van der Waals surface area contributed by atoms with E-state index in [1.807, 2.05) is 24.3 Å². The summed E-state index contributed by atoms with van der Waals surface area (Å²) >= 11 is 0. The molecule has 37 heavy (non-hydrogen) atoms. The van der Waals surface area contributed by atoms with Crippen molar-refractivity contribution < 1.29 is 9.59 Å². The minimum Gasteiger partial charge on any atom is -0.354 e. The maximum absolute atomic E-state index is 12.7. The Morgan fingerprint density at radius 2 is 1.68 bits per heavy atom. The number of anilines is 2. The minimum atomic E-state index is -0.0658. The molecule has 1 aromatic heterocycles. The van der Waals surface area contributed by atoms with Gasteiger partial charge in [-0.15, -0.1) is 0 Å². The average Bonchev–Trinajstić information content (AvgIpc) is 2.97. The Morgan fingerprint density at radius 1 is 0.946 bits per heavy atom. The summed E-state index contributed by atoms with van der Waals surface area (Å²) in [7, 11) is 0. The number of carbonyl (C=O) groups is 2. The number of para-hydroxylation sites is 1. The average molecular weight is 502 g/mol. The fourth-order valence-corrected chi connectivity index (χ4v) is 5.20. The van der Waals surface area contributed by atoms with Crippen molar-refractivity contribution in [3.63, 3.8) is 0 Å². The first kappa shape index (κ1) is 25.6. The van der Waals surface area contributed by atoms with E-state index in [0.717, 1.165) is 50.1 Å². The van der Waals surface area contributed by atoms with E-state index in [1.54, 1.807) is 4.90 Å². The van der Waals surface area contributed by atoms with E-state index < -0.39 is 0 Å². The van der Waals surface area contributed by atoms with Crippen molar-refractivity contribution in [2.75, 3.05) is 49.1 Å². The zero-order valence-corrected chi connectivity index (χ0v) is 22.4. The molecule has 2 aromatic rings. The Labute approximate surface area is 220 Å². The van der Waals surface area contributed by atoms with Gasteiger partial charge in [-0.3, -0.25) is 14.5 Å². The second-order valence-corrected chi connectivity index (χ2v) is 11.6. The molecular formula is C30H39N5O2. The third-order valence-electron chi connectivity index (χ3n) is 7.80. The van der Waals surface area contributed by atoms with Crippen LogP contribution >= 0.6 is 0 Å². The molecule has 5 rings (SSSR count). The Hall–Kier alpha value is -3.06. The fraction of sp³-hybridized carbons (Fsp3) is 0.533. The molecule has 0 bridgehead atoms. The first-order valence-corrected chi connectivity index (χ1v) is 13.7. The highest BCUT2D eigenvalue weighted by Crippen LogP contribution is 2.37. The summed E-state index contributed by atoms with van der Waals surface area (Å²) in [4.78, 5) is 41.6. The summed E-state index contributed by atoms with van der Waals surface area (Å²) in [6.45, 7) is 11.7. The first-order valence-electron chi connectivity index (χ1n) is 13.7. The van der Waals surface area contributed by atoms with Crippen molar-refractivity contribution in [3.8, 4) is 0 Å². The predicted octanol–water partition coefficient (Wildman–Crippen LogP) is 4.73. The molecule has 3 aliphatic rings. The molecule has 0 unspecified atom stereocenters. The number of hydrogen-bond acceptors (Lipinski definition) is 6. The van der Waals surface area contributed by atoms with Crippen LogP contribution in [-0.2, 0) is 10.2 Å². The van der Waals surface area contributed by atoms with Crippen LogP contribution in [0.2, 0.25) is 0 Å². The van der Waals surface area contributed by atoms with Crippen LogP contribution in [0.25, 0.3) is 0 Å². The van der Waals surface area contributed by atoms with Gasteiger partial charge in [0.1, 0.15) is 11.6 Å². The lowest BCUT2D eigenvalue weighted by molar-refractivity contribution is -0.118. The molecule has 1 saturated carbocycles. The summed E-state index contributed by atoms with van der Waals surface area (Å²) < 4.78 is 0. The Bertz CT molecular complexity index is 1170. The lowest BCUT2D eigenvalue weighted by Crippen LogP contribution is -2.47. The number of rotatable bonds is 6. The Balaban J connectivity index is 1.18. The van der Waals surface area contributed by atoms with Crippen LogP contribution in [0.1, 0.15) is 80.7 Å². The molecule has 2 aliphatic heterocycles. The summed E-state index contributed by atoms with van der Waals surface area (Å²) in [6.07, 6.45) is 8.54. The maximum Gasteiger partial charge on any atom is 0.227 e. The van der Waals surface area contributed by atoms with E-state index in [1.165, 1.54) is 25.0 Å². The highest BCUT2D eigenvalue weighted by atomic mass is 16.2. The minimum absolute atomic E-state index is 0.0114. The number of hydrogen-bond donors (Lipinski definition) is 0. The Kier molecular flexibility index (Phi) is 7.43. The smallest absolute Gasteiger partial charge is 0.227 e. The lowest BCUT2D eigenvalue weighted by atomic mass is 9.82. The predicted molar refractivity (Wildman–Crippen MR) is 147 cm³/mol. The molecule has 0 spiro atoms. The van der Waals surface area contributed by atoms with Crippen molar-refractivity contribution in [2.24, 2.45) is 0 Å². The number of amides is 1. The molecule has 0 radical (unpaired) electrons. The van der Waals surface area contributed by atoms with Crippen molar-refractivity contribution in [3.05, 3.63) is 59.6 Å². The van der Waals surface area contributed by atoms with Gasteiger partial charge in [-0.25, -0.2) is 9.97 Å². The van der Waals surface area contributed by atoms with Gasteiger partial charge in [-0.05, 0) is 25.0 Å². The largest absolute Gasteiger partial charge is 0.354 e. The number of benzene rings is 1. The number of piperazine rings is 1. The van der Waals surface area contributed by atoms with Gasteiger partial charge < -0.3 is 9.80 Å². The number of carbonyl (C=O) groups excluding carboxylic acids is 2. The lowest BCUT2D eigenvalue weighted by Gasteiger charge is -2.36. The second kappa shape index (κ2) is 10.7. The molecule has 1 saturated heterocycles. The van der Waals surface area contributed by atoms with Gasteiger partial charge >= 0.3 is 0 Å². The highest BCUT2D eigenvalue weighted by molar-refractivity contribution is 6.10. The van der Waals surface area contributed by atoms with Crippen LogP contribution in [0, 0.1) is 0 Å². The van der Waals surface area contributed by atoms with Gasteiger partial charge in [-0.2, -0.15) is 0 Å². The normalized spacial score (nSPS) is 19.8. The molecule has 2 fully saturated rings. The zero-order valence-electron chi connectivity index (χ0n) is 22.4. The SMILES string of the molecule is CC(C)(C)c1nc(C2CCC2)cc(N2CCN(C/C=C/CN3C(=O)CCC(=O)c4ccccc43)CC2)n1. The van der Waals surface area contributed by atoms with Crippen LogP contribution in [0.4, 0.5) is 11.5 Å². The summed E-state index contributed by atoms with van der Waals surface area (Å²) in [5, 5.41) is 0. The van der Waals surface area contributed by atoms with Crippen LogP contribution in [-0.4, -0.2) is 65.8 Å². The summed E-state index contributed by atoms with van der Waals surface area (Å²) in [5.41, 5.74) is 2.54. The number of Topliss-reactive ketones (excluding diaryl/α,β-unsaturated/α-hetero) is 1. The van der Waals surface area contributed by atoms with E-state index >= 15 is 0 Å². The zero-order chi connectivity index (χ0) is 26.0. The van der Waals surface area contributed by atoms with Gasteiger partial charge in [-0.1, -0.05) is 51.5 Å². The van der Waals surface area contributed by atoms with Crippen LogP contribution in [0.15, 0.2) is 42.5 Å². The first-order chi connectivity index (χ1) is 17.8. The Morgan fingerprint density at radius 3 is 2.38 bits per heavy atom. The summed E-state index contributed by atoms with van der Waals surface area (Å²) in [6, 6.07) is 9.68. The van der Waals surface area contributed by atoms with E-state index in [2.05, 4.69) is 48.8 Å². The van der Waals surface area contributed by atoms with E-state index in [-0.39, 0.29) is 29.9 Å². The molecule has 1 aromatic carbocycles. The molecular weight excluding hydrogens is 462 g/mol. The molecule has 7 nitrogen and oxygen atoms in total. The molecule has 196 valence electrons. The highest BCUT2D eigenvalue weighted by Gasteiger charge is 2.28. The van der Waals surface area contributed by atoms with Gasteiger partial charge in [0.2, 0.25) is 5.91 Å². The van der Waals surface area contributed by atoms with E-state index in [4.69, 9.17) is 9.97 Å². The molecule has 1 amide bonds. The third-order valence-corrected chi connectivity index (χ3v) is 7.80. The van der Waals surface area contributed by atoms with E-state index in [0.29, 0.717) is 18.0 Å². The second-order valence-electron chi connectivity index (χ2n) is 11.6. The fourth-order valence-electron chi connectivity index (χ4n) is 5.20. The van der Waals surface area contributed by atoms with Crippen molar-refractivity contribution in [1.29, 1.82) is 0 Å². The number of fused-ring (bicyclic) bond motifs is 1. The van der Waals surface area contributed by atoms with Gasteiger partial charge in [0.05, 0.1) is 5.69 Å². The van der Waals surface area contributed by atoms with Crippen LogP contribution < -0.4 is 9.80 Å². The molecule has 0 N–H and O–H groups in total. The topological polar surface area (TPSA) is 69.6 Å². The number of nitrogens with zero attached hydrogens (tertiary/aromatic N) is 5. The quantitative estimate of drug-likeness (QED) is 0.533. The van der Waals surface area contributed by atoms with Gasteiger partial charge in [0.15, 0.2) is 5.78 Å². The molecule has 7 heteroatoms. The molecule has 1 aliphatic carbocycles. The van der Waals surface area contributed by atoms with Crippen molar-refractivity contribution >= 4 is 23.2 Å². The molecule has 3 heterocycles. The van der Waals surface area contributed by atoms with Crippen LogP contribution in [0.3, 0.4) is 0 Å². The van der Waals surface area contributed by atoms with Crippen molar-refractivity contribution in [1.82, 2.24) is 14.9 Å². The summed E-state index contributed by atoms with van der Waals surface area (Å²) in [5.74, 6) is 2.67.